The molecular weight excluding hydrogens is 367 g/mol. The van der Waals surface area contributed by atoms with Gasteiger partial charge in [-0.25, -0.2) is 4.79 Å². The van der Waals surface area contributed by atoms with E-state index in [0.717, 1.165) is 0 Å². The second kappa shape index (κ2) is 8.92. The first-order valence-electron chi connectivity index (χ1n) is 7.01. The highest BCUT2D eigenvalue weighted by Gasteiger charge is 2.11. The number of hydrogen-bond acceptors (Lipinski definition) is 5. The van der Waals surface area contributed by atoms with Crippen molar-refractivity contribution in [2.45, 2.75) is 0 Å². The fourth-order valence-electron chi connectivity index (χ4n) is 1.74. The number of hydrogen-bond donors (Lipinski definition) is 1. The van der Waals surface area contributed by atoms with Crippen molar-refractivity contribution in [1.29, 1.82) is 5.26 Å². The number of ether oxygens (including phenoxy) is 2. The standard InChI is InChI=1S/C17H12Cl2N2O4/c18-12-3-6-14(19)15(7-12)21-16(22)9-25-17(23)10-24-13-4-1-11(8-20)2-5-13/h1-7H,9-10H2,(H,21,22). The first-order valence-corrected chi connectivity index (χ1v) is 7.77. The molecule has 0 unspecified atom stereocenters. The summed E-state index contributed by atoms with van der Waals surface area (Å²) in [4.78, 5) is 23.4. The van der Waals surface area contributed by atoms with Crippen LogP contribution in [-0.2, 0) is 14.3 Å². The molecule has 0 aliphatic rings. The highest BCUT2D eigenvalue weighted by Crippen LogP contribution is 2.25. The summed E-state index contributed by atoms with van der Waals surface area (Å²) in [5, 5.41) is 11.9. The third-order valence-corrected chi connectivity index (χ3v) is 3.47. The molecule has 1 amide bonds. The van der Waals surface area contributed by atoms with E-state index in [2.05, 4.69) is 5.32 Å². The van der Waals surface area contributed by atoms with E-state index >= 15 is 0 Å². The number of esters is 1. The zero-order valence-electron chi connectivity index (χ0n) is 12.8. The average molecular weight is 379 g/mol. The first kappa shape index (κ1) is 18.6. The molecule has 8 heteroatoms. The van der Waals surface area contributed by atoms with Gasteiger partial charge in [-0.2, -0.15) is 5.26 Å². The third-order valence-electron chi connectivity index (χ3n) is 2.91. The second-order valence-corrected chi connectivity index (χ2v) is 5.60. The maximum absolute atomic E-state index is 11.8. The predicted molar refractivity (Wildman–Crippen MR) is 92.7 cm³/mol. The summed E-state index contributed by atoms with van der Waals surface area (Å²) in [6, 6.07) is 12.8. The molecule has 0 aromatic heterocycles. The number of halogens is 2. The van der Waals surface area contributed by atoms with Crippen molar-refractivity contribution < 1.29 is 19.1 Å². The van der Waals surface area contributed by atoms with E-state index in [4.69, 9.17) is 37.9 Å². The van der Waals surface area contributed by atoms with Gasteiger partial charge in [0, 0.05) is 5.02 Å². The largest absolute Gasteiger partial charge is 0.482 e. The summed E-state index contributed by atoms with van der Waals surface area (Å²) in [6.45, 7) is -0.852. The Balaban J connectivity index is 1.76. The minimum Gasteiger partial charge on any atom is -0.482 e. The molecule has 128 valence electrons. The van der Waals surface area contributed by atoms with Crippen molar-refractivity contribution in [2.75, 3.05) is 18.5 Å². The van der Waals surface area contributed by atoms with E-state index < -0.39 is 18.5 Å². The normalized spacial score (nSPS) is 9.80. The van der Waals surface area contributed by atoms with Crippen LogP contribution in [0.25, 0.3) is 0 Å². The molecule has 0 heterocycles. The molecule has 0 saturated heterocycles. The Labute approximate surface area is 153 Å². The molecule has 2 aromatic carbocycles. The van der Waals surface area contributed by atoms with Crippen LogP contribution < -0.4 is 10.1 Å². The number of amides is 1. The van der Waals surface area contributed by atoms with E-state index in [1.807, 2.05) is 6.07 Å². The summed E-state index contributed by atoms with van der Waals surface area (Å²) in [6.07, 6.45) is 0. The Hall–Kier alpha value is -2.75. The van der Waals surface area contributed by atoms with Crippen molar-refractivity contribution in [3.8, 4) is 11.8 Å². The smallest absolute Gasteiger partial charge is 0.344 e. The SMILES string of the molecule is N#Cc1ccc(OCC(=O)OCC(=O)Nc2cc(Cl)ccc2Cl)cc1. The van der Waals surface area contributed by atoms with Crippen molar-refractivity contribution in [3.05, 3.63) is 58.1 Å². The number of anilines is 1. The highest BCUT2D eigenvalue weighted by molar-refractivity contribution is 6.35. The molecule has 0 spiro atoms. The van der Waals surface area contributed by atoms with Gasteiger partial charge in [0.2, 0.25) is 0 Å². The van der Waals surface area contributed by atoms with Crippen LogP contribution in [0.15, 0.2) is 42.5 Å². The Kier molecular flexibility index (Phi) is 6.63. The van der Waals surface area contributed by atoms with Crippen LogP contribution in [0, 0.1) is 11.3 Å². The maximum atomic E-state index is 11.8. The lowest BCUT2D eigenvalue weighted by Crippen LogP contribution is -2.23. The summed E-state index contributed by atoms with van der Waals surface area (Å²) in [7, 11) is 0. The van der Waals surface area contributed by atoms with E-state index in [9.17, 15) is 9.59 Å². The van der Waals surface area contributed by atoms with Crippen molar-refractivity contribution >= 4 is 40.8 Å². The molecule has 0 radical (unpaired) electrons. The van der Waals surface area contributed by atoms with Gasteiger partial charge in [-0.3, -0.25) is 4.79 Å². The van der Waals surface area contributed by atoms with Gasteiger partial charge >= 0.3 is 5.97 Å². The third kappa shape index (κ3) is 5.99. The van der Waals surface area contributed by atoms with Crippen LogP contribution in [0.5, 0.6) is 5.75 Å². The highest BCUT2D eigenvalue weighted by atomic mass is 35.5. The van der Waals surface area contributed by atoms with Gasteiger partial charge in [-0.05, 0) is 42.5 Å². The van der Waals surface area contributed by atoms with Crippen molar-refractivity contribution in [3.63, 3.8) is 0 Å². The number of rotatable bonds is 6. The van der Waals surface area contributed by atoms with Crippen LogP contribution in [0.1, 0.15) is 5.56 Å². The van der Waals surface area contributed by atoms with E-state index in [1.54, 1.807) is 30.3 Å². The fourth-order valence-corrected chi connectivity index (χ4v) is 2.07. The predicted octanol–water partition coefficient (Wildman–Crippen LogP) is 3.43. The molecule has 0 atom stereocenters. The molecule has 0 fully saturated rings. The van der Waals surface area contributed by atoms with Crippen LogP contribution >= 0.6 is 23.2 Å². The zero-order valence-corrected chi connectivity index (χ0v) is 14.3. The lowest BCUT2D eigenvalue weighted by Gasteiger charge is -2.09. The van der Waals surface area contributed by atoms with Gasteiger partial charge in [0.1, 0.15) is 5.75 Å². The van der Waals surface area contributed by atoms with Crippen molar-refractivity contribution in [1.82, 2.24) is 0 Å². The van der Waals surface area contributed by atoms with Crippen LogP contribution in [0.4, 0.5) is 5.69 Å². The molecule has 25 heavy (non-hydrogen) atoms. The quantitative estimate of drug-likeness (QED) is 0.777. The Morgan fingerprint density at radius 2 is 1.80 bits per heavy atom. The summed E-state index contributed by atoms with van der Waals surface area (Å²) in [5.74, 6) is -0.862. The maximum Gasteiger partial charge on any atom is 0.344 e. The summed E-state index contributed by atoms with van der Waals surface area (Å²) in [5.41, 5.74) is 0.801. The molecule has 0 aliphatic carbocycles. The van der Waals surface area contributed by atoms with Crippen LogP contribution in [0.2, 0.25) is 10.0 Å². The Bertz CT molecular complexity index is 816. The van der Waals surface area contributed by atoms with E-state index in [1.165, 1.54) is 12.1 Å². The van der Waals surface area contributed by atoms with Crippen molar-refractivity contribution in [2.24, 2.45) is 0 Å². The van der Waals surface area contributed by atoms with Gasteiger partial charge in [-0.15, -0.1) is 0 Å². The van der Waals surface area contributed by atoms with Crippen LogP contribution in [0.3, 0.4) is 0 Å². The number of nitriles is 1. The topological polar surface area (TPSA) is 88.4 Å². The first-order chi connectivity index (χ1) is 12.0. The number of nitrogens with one attached hydrogen (secondary N) is 1. The Morgan fingerprint density at radius 3 is 2.48 bits per heavy atom. The van der Waals surface area contributed by atoms with E-state index in [0.29, 0.717) is 27.0 Å². The molecule has 1 N–H and O–H groups in total. The molecule has 6 nitrogen and oxygen atoms in total. The zero-order chi connectivity index (χ0) is 18.2. The molecule has 2 aromatic rings. The lowest BCUT2D eigenvalue weighted by atomic mass is 10.2. The second-order valence-electron chi connectivity index (χ2n) is 4.76. The summed E-state index contributed by atoms with van der Waals surface area (Å²) >= 11 is 11.7. The Morgan fingerprint density at radius 1 is 1.08 bits per heavy atom. The summed E-state index contributed by atoms with van der Waals surface area (Å²) < 4.78 is 10.0. The number of carbonyl (C=O) groups is 2. The molecule has 0 bridgehead atoms. The minimum absolute atomic E-state index is 0.313. The van der Waals surface area contributed by atoms with Gasteiger partial charge in [0.15, 0.2) is 13.2 Å². The molecular formula is C17H12Cl2N2O4. The van der Waals surface area contributed by atoms with Gasteiger partial charge in [0.25, 0.3) is 5.91 Å². The van der Waals surface area contributed by atoms with Gasteiger partial charge in [0.05, 0.1) is 22.3 Å². The fraction of sp³-hybridized carbons (Fsp3) is 0.118. The van der Waals surface area contributed by atoms with Gasteiger partial charge in [-0.1, -0.05) is 23.2 Å². The number of benzene rings is 2. The number of carbonyl (C=O) groups excluding carboxylic acids is 2. The van der Waals surface area contributed by atoms with Gasteiger partial charge < -0.3 is 14.8 Å². The molecule has 2 rings (SSSR count). The number of nitrogens with zero attached hydrogens (tertiary/aromatic N) is 1. The molecule has 0 aliphatic heterocycles. The monoisotopic (exact) mass is 378 g/mol. The average Bonchev–Trinajstić information content (AvgIpc) is 2.61. The van der Waals surface area contributed by atoms with Crippen LogP contribution in [-0.4, -0.2) is 25.1 Å². The molecule has 0 saturated carbocycles. The minimum atomic E-state index is -0.711. The van der Waals surface area contributed by atoms with E-state index in [-0.39, 0.29) is 6.61 Å². The lowest BCUT2D eigenvalue weighted by molar-refractivity contribution is -0.149.